The molecule has 0 aliphatic carbocycles. The topological polar surface area (TPSA) is 62.5 Å². The summed E-state index contributed by atoms with van der Waals surface area (Å²) in [4.78, 5) is 24.2. The highest BCUT2D eigenvalue weighted by molar-refractivity contribution is 5.14. The SMILES string of the molecule is [2H]C=C1C[C@@H](n2cc(C)c(=O)n(C)c2=O)O[C@H]1COCc1ccccc1. The lowest BCUT2D eigenvalue weighted by molar-refractivity contribution is -0.0404. The number of ether oxygens (including phenoxy) is 2. The van der Waals surface area contributed by atoms with Gasteiger partial charge in [0.2, 0.25) is 0 Å². The van der Waals surface area contributed by atoms with Crippen LogP contribution < -0.4 is 11.2 Å². The third-order valence-corrected chi connectivity index (χ3v) is 4.32. The fourth-order valence-electron chi connectivity index (χ4n) is 2.88. The predicted molar refractivity (Wildman–Crippen MR) is 94.4 cm³/mol. The predicted octanol–water partition coefficient (Wildman–Crippen LogP) is 1.92. The Morgan fingerprint density at radius 2 is 2.12 bits per heavy atom. The first kappa shape index (κ1) is 16.1. The molecule has 0 radical (unpaired) electrons. The average Bonchev–Trinajstić information content (AvgIpc) is 3.07. The lowest BCUT2D eigenvalue weighted by atomic mass is 10.1. The van der Waals surface area contributed by atoms with E-state index in [4.69, 9.17) is 10.8 Å². The molecule has 0 bridgehead atoms. The summed E-state index contributed by atoms with van der Waals surface area (Å²) in [5.74, 6) is 0. The lowest BCUT2D eigenvalue weighted by Gasteiger charge is -2.17. The first-order valence-electron chi connectivity index (χ1n) is 8.72. The number of rotatable bonds is 5. The van der Waals surface area contributed by atoms with Gasteiger partial charge in [0.15, 0.2) is 0 Å². The molecule has 1 saturated heterocycles. The fraction of sp³-hybridized carbons (Fsp3) is 0.368. The van der Waals surface area contributed by atoms with Crippen LogP contribution in [0.4, 0.5) is 0 Å². The zero-order chi connectivity index (χ0) is 18.7. The van der Waals surface area contributed by atoms with Crippen molar-refractivity contribution in [1.29, 1.82) is 0 Å². The van der Waals surface area contributed by atoms with Crippen molar-refractivity contribution in [2.45, 2.75) is 32.3 Å². The van der Waals surface area contributed by atoms with Crippen LogP contribution in [-0.4, -0.2) is 21.8 Å². The van der Waals surface area contributed by atoms with E-state index >= 15 is 0 Å². The normalized spacial score (nSPS) is 22.3. The first-order chi connectivity index (χ1) is 12.5. The van der Waals surface area contributed by atoms with Gasteiger partial charge in [-0.25, -0.2) is 4.79 Å². The summed E-state index contributed by atoms with van der Waals surface area (Å²) in [6.07, 6.45) is 1.01. The molecule has 0 spiro atoms. The second-order valence-corrected chi connectivity index (χ2v) is 6.23. The monoisotopic (exact) mass is 343 g/mol. The Labute approximate surface area is 147 Å². The van der Waals surface area contributed by atoms with Crippen LogP contribution in [0.2, 0.25) is 0 Å². The number of hydrogen-bond donors (Lipinski definition) is 0. The molecule has 2 heterocycles. The standard InChI is InChI=1S/C19H22N2O4/c1-13-9-17(21-10-14(2)18(22)20(3)19(21)23)25-16(13)12-24-11-15-7-5-4-6-8-15/h4-8,10,16-17H,1,9,11-12H2,2-3H3/t16-,17-/m0/s1/i1D. The molecule has 3 rings (SSSR count). The van der Waals surface area contributed by atoms with Crippen molar-refractivity contribution in [3.63, 3.8) is 0 Å². The summed E-state index contributed by atoms with van der Waals surface area (Å²) in [5.41, 5.74) is 1.55. The number of aryl methyl sites for hydroxylation is 1. The molecule has 1 aromatic carbocycles. The van der Waals surface area contributed by atoms with E-state index in [1.54, 1.807) is 6.92 Å². The van der Waals surface area contributed by atoms with Gasteiger partial charge in [-0.05, 0) is 18.1 Å². The Morgan fingerprint density at radius 1 is 1.36 bits per heavy atom. The molecule has 2 aromatic rings. The van der Waals surface area contributed by atoms with Gasteiger partial charge in [-0.2, -0.15) is 0 Å². The Morgan fingerprint density at radius 3 is 2.84 bits per heavy atom. The largest absolute Gasteiger partial charge is 0.374 e. The van der Waals surface area contributed by atoms with E-state index in [1.165, 1.54) is 24.4 Å². The molecule has 1 aliphatic rings. The van der Waals surface area contributed by atoms with Crippen molar-refractivity contribution in [2.75, 3.05) is 6.61 Å². The van der Waals surface area contributed by atoms with E-state index in [2.05, 4.69) is 0 Å². The molecule has 1 aromatic heterocycles. The molecular weight excluding hydrogens is 320 g/mol. The molecule has 0 unspecified atom stereocenters. The number of aromatic nitrogens is 2. The van der Waals surface area contributed by atoms with Crippen LogP contribution in [0.3, 0.4) is 0 Å². The number of benzene rings is 1. The Hall–Kier alpha value is -2.44. The lowest BCUT2D eigenvalue weighted by Crippen LogP contribution is -2.40. The third kappa shape index (κ3) is 3.65. The molecular formula is C19H22N2O4. The molecule has 0 saturated carbocycles. The molecule has 0 N–H and O–H groups in total. The van der Waals surface area contributed by atoms with Crippen molar-refractivity contribution < 1.29 is 10.8 Å². The second-order valence-electron chi connectivity index (χ2n) is 6.23. The van der Waals surface area contributed by atoms with Crippen molar-refractivity contribution >= 4 is 0 Å². The highest BCUT2D eigenvalue weighted by atomic mass is 16.6. The summed E-state index contributed by atoms with van der Waals surface area (Å²) >= 11 is 0. The Kier molecular flexibility index (Phi) is 4.63. The quantitative estimate of drug-likeness (QED) is 0.778. The van der Waals surface area contributed by atoms with Crippen LogP contribution in [0.25, 0.3) is 0 Å². The van der Waals surface area contributed by atoms with Gasteiger partial charge >= 0.3 is 5.69 Å². The Balaban J connectivity index is 1.72. The maximum Gasteiger partial charge on any atom is 0.332 e. The van der Waals surface area contributed by atoms with Crippen LogP contribution in [0, 0.1) is 6.92 Å². The molecule has 25 heavy (non-hydrogen) atoms. The van der Waals surface area contributed by atoms with Gasteiger partial charge in [0.05, 0.1) is 14.6 Å². The zero-order valence-corrected chi connectivity index (χ0v) is 14.3. The van der Waals surface area contributed by atoms with Gasteiger partial charge in [-0.3, -0.25) is 13.9 Å². The van der Waals surface area contributed by atoms with E-state index in [0.717, 1.165) is 15.7 Å². The van der Waals surface area contributed by atoms with Crippen LogP contribution >= 0.6 is 0 Å². The first-order valence-corrected chi connectivity index (χ1v) is 8.14. The van der Waals surface area contributed by atoms with Crippen LogP contribution in [-0.2, 0) is 23.1 Å². The molecule has 1 aliphatic heterocycles. The zero-order valence-electron chi connectivity index (χ0n) is 15.3. The maximum absolute atomic E-state index is 12.4. The maximum atomic E-state index is 12.4. The molecule has 0 amide bonds. The van der Waals surface area contributed by atoms with Crippen molar-refractivity contribution in [1.82, 2.24) is 9.13 Å². The molecule has 2 atom stereocenters. The van der Waals surface area contributed by atoms with E-state index in [-0.39, 0.29) is 11.7 Å². The molecule has 1 fully saturated rings. The highest BCUT2D eigenvalue weighted by Gasteiger charge is 2.31. The van der Waals surface area contributed by atoms with Gasteiger partial charge in [0.1, 0.15) is 12.3 Å². The van der Waals surface area contributed by atoms with Crippen molar-refractivity contribution in [3.05, 3.63) is 80.6 Å². The second kappa shape index (κ2) is 7.21. The van der Waals surface area contributed by atoms with Crippen LogP contribution in [0.1, 0.15) is 25.1 Å². The molecule has 6 heteroatoms. The minimum atomic E-state index is -0.546. The van der Waals surface area contributed by atoms with E-state index in [1.807, 2.05) is 30.3 Å². The molecule has 6 nitrogen and oxygen atoms in total. The van der Waals surface area contributed by atoms with E-state index in [0.29, 0.717) is 25.2 Å². The summed E-state index contributed by atoms with van der Waals surface area (Å²) in [5, 5.41) is 0. The van der Waals surface area contributed by atoms with Crippen LogP contribution in [0.5, 0.6) is 0 Å². The molecule has 132 valence electrons. The number of nitrogens with zero attached hydrogens (tertiary/aromatic N) is 2. The minimum Gasteiger partial charge on any atom is -0.374 e. The van der Waals surface area contributed by atoms with Gasteiger partial charge in [-0.1, -0.05) is 36.9 Å². The third-order valence-electron chi connectivity index (χ3n) is 4.32. The van der Waals surface area contributed by atoms with Crippen molar-refractivity contribution in [2.24, 2.45) is 7.05 Å². The Bertz CT molecular complexity index is 917. The average molecular weight is 343 g/mol. The minimum absolute atomic E-state index is 0.301. The fourth-order valence-corrected chi connectivity index (χ4v) is 2.88. The summed E-state index contributed by atoms with van der Waals surface area (Å²) in [6.45, 7) is 3.68. The summed E-state index contributed by atoms with van der Waals surface area (Å²) < 4.78 is 21.8. The van der Waals surface area contributed by atoms with Gasteiger partial charge < -0.3 is 9.47 Å². The van der Waals surface area contributed by atoms with Gasteiger partial charge in [-0.15, -0.1) is 0 Å². The van der Waals surface area contributed by atoms with Crippen molar-refractivity contribution in [3.8, 4) is 0 Å². The summed E-state index contributed by atoms with van der Waals surface area (Å²) in [6, 6.07) is 9.80. The number of hydrogen-bond acceptors (Lipinski definition) is 4. The van der Waals surface area contributed by atoms with Gasteiger partial charge in [0, 0.05) is 25.2 Å². The summed E-state index contributed by atoms with van der Waals surface area (Å²) in [7, 11) is 1.45. The van der Waals surface area contributed by atoms with E-state index < -0.39 is 11.9 Å². The smallest absolute Gasteiger partial charge is 0.332 e. The highest BCUT2D eigenvalue weighted by Crippen LogP contribution is 2.31. The van der Waals surface area contributed by atoms with Gasteiger partial charge in [0.25, 0.3) is 5.56 Å². The van der Waals surface area contributed by atoms with Crippen LogP contribution in [0.15, 0.2) is 58.2 Å². The van der Waals surface area contributed by atoms with E-state index in [9.17, 15) is 9.59 Å².